The minimum atomic E-state index is 0.773. The summed E-state index contributed by atoms with van der Waals surface area (Å²) in [6.45, 7) is 8.17. The van der Waals surface area contributed by atoms with Gasteiger partial charge < -0.3 is 5.32 Å². The summed E-state index contributed by atoms with van der Waals surface area (Å²) in [5.41, 5.74) is 0. The molecule has 0 amide bonds. The summed E-state index contributed by atoms with van der Waals surface area (Å²) in [4.78, 5) is 0. The van der Waals surface area contributed by atoms with E-state index in [1.165, 1.54) is 116 Å². The molecule has 1 atom stereocenters. The summed E-state index contributed by atoms with van der Waals surface area (Å²) >= 11 is 0. The van der Waals surface area contributed by atoms with Crippen molar-refractivity contribution in [1.29, 1.82) is 0 Å². The van der Waals surface area contributed by atoms with E-state index in [-0.39, 0.29) is 0 Å². The lowest BCUT2D eigenvalue weighted by molar-refractivity contribution is 0.432. The van der Waals surface area contributed by atoms with Crippen LogP contribution in [0, 0.1) is 0 Å². The maximum atomic E-state index is 3.79. The van der Waals surface area contributed by atoms with E-state index in [2.05, 4.69) is 26.1 Å². The molecule has 0 heterocycles. The Morgan fingerprint density at radius 3 is 1.43 bits per heavy atom. The van der Waals surface area contributed by atoms with Crippen molar-refractivity contribution in [3.05, 3.63) is 0 Å². The van der Waals surface area contributed by atoms with Crippen LogP contribution >= 0.6 is 0 Å². The molecule has 0 aliphatic heterocycles. The second-order valence-electron chi connectivity index (χ2n) is 7.44. The zero-order valence-electron chi connectivity index (χ0n) is 16.8. The zero-order chi connectivity index (χ0) is 17.0. The first-order valence-corrected chi connectivity index (χ1v) is 11.1. The minimum absolute atomic E-state index is 0.773. The van der Waals surface area contributed by atoms with E-state index >= 15 is 0 Å². The highest BCUT2D eigenvalue weighted by molar-refractivity contribution is 4.65. The molecule has 0 aromatic rings. The van der Waals surface area contributed by atoms with Gasteiger partial charge in [-0.25, -0.2) is 0 Å². The number of unbranched alkanes of at least 4 members (excludes halogenated alkanes) is 13. The second kappa shape index (κ2) is 20.0. The highest BCUT2D eigenvalue weighted by Crippen LogP contribution is 2.12. The highest BCUT2D eigenvalue weighted by Gasteiger charge is 2.04. The van der Waals surface area contributed by atoms with Crippen LogP contribution in [0.5, 0.6) is 0 Å². The van der Waals surface area contributed by atoms with Gasteiger partial charge in [0.2, 0.25) is 0 Å². The quantitative estimate of drug-likeness (QED) is 0.241. The maximum Gasteiger partial charge on any atom is 0.00644 e. The normalized spacial score (nSPS) is 12.7. The molecule has 140 valence electrons. The molecule has 1 nitrogen and oxygen atoms in total. The Morgan fingerprint density at radius 1 is 0.522 bits per heavy atom. The third-order valence-electron chi connectivity index (χ3n) is 5.11. The predicted octanol–water partition coefficient (Wildman–Crippen LogP) is 7.64. The van der Waals surface area contributed by atoms with Crippen molar-refractivity contribution in [3.63, 3.8) is 0 Å². The molecular formula is C22H47N. The Hall–Kier alpha value is -0.0400. The van der Waals surface area contributed by atoms with Gasteiger partial charge in [-0.3, -0.25) is 0 Å². The topological polar surface area (TPSA) is 12.0 Å². The Kier molecular flexibility index (Phi) is 20.0. The van der Waals surface area contributed by atoms with Crippen LogP contribution in [-0.2, 0) is 0 Å². The Labute approximate surface area is 148 Å². The van der Waals surface area contributed by atoms with Crippen LogP contribution in [0.2, 0.25) is 0 Å². The summed E-state index contributed by atoms with van der Waals surface area (Å²) in [5.74, 6) is 0. The number of hydrogen-bond acceptors (Lipinski definition) is 1. The van der Waals surface area contributed by atoms with E-state index in [1.54, 1.807) is 0 Å². The smallest absolute Gasteiger partial charge is 0.00644 e. The van der Waals surface area contributed by atoms with Crippen molar-refractivity contribution in [2.45, 2.75) is 136 Å². The average Bonchev–Trinajstić information content (AvgIpc) is 2.57. The summed E-state index contributed by atoms with van der Waals surface area (Å²) in [6.07, 6.45) is 24.1. The lowest BCUT2D eigenvalue weighted by atomic mass is 10.0. The van der Waals surface area contributed by atoms with Crippen molar-refractivity contribution in [2.75, 3.05) is 6.54 Å². The van der Waals surface area contributed by atoms with Gasteiger partial charge in [-0.2, -0.15) is 0 Å². The fourth-order valence-corrected chi connectivity index (χ4v) is 3.36. The lowest BCUT2D eigenvalue weighted by Gasteiger charge is -2.16. The van der Waals surface area contributed by atoms with E-state index in [9.17, 15) is 0 Å². The van der Waals surface area contributed by atoms with E-state index in [0.29, 0.717) is 0 Å². The molecule has 23 heavy (non-hydrogen) atoms. The molecule has 0 saturated carbocycles. The van der Waals surface area contributed by atoms with E-state index < -0.39 is 0 Å². The predicted molar refractivity (Wildman–Crippen MR) is 107 cm³/mol. The fraction of sp³-hybridized carbons (Fsp3) is 1.00. The van der Waals surface area contributed by atoms with Crippen LogP contribution < -0.4 is 5.32 Å². The molecule has 1 N–H and O–H groups in total. The first kappa shape index (κ1) is 23.0. The lowest BCUT2D eigenvalue weighted by Crippen LogP contribution is -2.29. The summed E-state index contributed by atoms with van der Waals surface area (Å²) < 4.78 is 0. The van der Waals surface area contributed by atoms with Crippen LogP contribution in [0.25, 0.3) is 0 Å². The van der Waals surface area contributed by atoms with Gasteiger partial charge in [-0.05, 0) is 25.8 Å². The van der Waals surface area contributed by atoms with E-state index in [1.807, 2.05) is 0 Å². The van der Waals surface area contributed by atoms with Crippen LogP contribution in [0.3, 0.4) is 0 Å². The third kappa shape index (κ3) is 18.1. The van der Waals surface area contributed by atoms with Crippen molar-refractivity contribution >= 4 is 0 Å². The molecule has 0 aromatic carbocycles. The summed E-state index contributed by atoms with van der Waals surface area (Å²) in [7, 11) is 0. The van der Waals surface area contributed by atoms with Gasteiger partial charge in [0.05, 0.1) is 0 Å². The van der Waals surface area contributed by atoms with E-state index in [0.717, 1.165) is 6.04 Å². The number of rotatable bonds is 19. The van der Waals surface area contributed by atoms with Gasteiger partial charge in [0, 0.05) is 6.04 Å². The molecule has 0 saturated heterocycles. The molecule has 0 fully saturated rings. The molecular weight excluding hydrogens is 278 g/mol. The Bertz CT molecular complexity index is 202. The zero-order valence-corrected chi connectivity index (χ0v) is 16.8. The molecule has 1 heteroatoms. The van der Waals surface area contributed by atoms with Crippen LogP contribution in [0.15, 0.2) is 0 Å². The van der Waals surface area contributed by atoms with Gasteiger partial charge in [0.15, 0.2) is 0 Å². The Morgan fingerprint density at radius 2 is 0.957 bits per heavy atom. The number of hydrogen-bond donors (Lipinski definition) is 1. The largest absolute Gasteiger partial charge is 0.314 e. The van der Waals surface area contributed by atoms with Crippen molar-refractivity contribution < 1.29 is 0 Å². The molecule has 0 aliphatic rings. The van der Waals surface area contributed by atoms with Crippen molar-refractivity contribution in [2.24, 2.45) is 0 Å². The standard InChI is InChI=1S/C22H47N/c1-4-7-9-11-13-15-17-19-21-23-22(6-3)20-18-16-14-12-10-8-5-2/h22-23H,4-21H2,1-3H3. The van der Waals surface area contributed by atoms with Crippen LogP contribution in [0.1, 0.15) is 130 Å². The SMILES string of the molecule is CCCCCCCCCCNC(CC)CCCCCCCCC. The molecule has 0 bridgehead atoms. The molecule has 0 spiro atoms. The van der Waals surface area contributed by atoms with Crippen molar-refractivity contribution in [1.82, 2.24) is 5.32 Å². The summed E-state index contributed by atoms with van der Waals surface area (Å²) in [5, 5.41) is 3.79. The monoisotopic (exact) mass is 325 g/mol. The van der Waals surface area contributed by atoms with Gasteiger partial charge in [-0.1, -0.05) is 111 Å². The molecule has 1 unspecified atom stereocenters. The Balaban J connectivity index is 3.28. The average molecular weight is 326 g/mol. The van der Waals surface area contributed by atoms with Crippen LogP contribution in [0.4, 0.5) is 0 Å². The van der Waals surface area contributed by atoms with Gasteiger partial charge in [0.1, 0.15) is 0 Å². The fourth-order valence-electron chi connectivity index (χ4n) is 3.36. The molecule has 0 rings (SSSR count). The third-order valence-corrected chi connectivity index (χ3v) is 5.11. The molecule has 0 aromatic heterocycles. The van der Waals surface area contributed by atoms with E-state index in [4.69, 9.17) is 0 Å². The molecule has 0 aliphatic carbocycles. The maximum absolute atomic E-state index is 3.79. The first-order chi connectivity index (χ1) is 11.3. The minimum Gasteiger partial charge on any atom is -0.314 e. The number of nitrogens with one attached hydrogen (secondary N) is 1. The summed E-state index contributed by atoms with van der Waals surface area (Å²) in [6, 6.07) is 0.773. The highest BCUT2D eigenvalue weighted by atomic mass is 14.9. The van der Waals surface area contributed by atoms with Gasteiger partial charge >= 0.3 is 0 Å². The molecule has 0 radical (unpaired) electrons. The second-order valence-corrected chi connectivity index (χ2v) is 7.44. The van der Waals surface area contributed by atoms with Gasteiger partial charge in [-0.15, -0.1) is 0 Å². The van der Waals surface area contributed by atoms with Gasteiger partial charge in [0.25, 0.3) is 0 Å². The van der Waals surface area contributed by atoms with Crippen LogP contribution in [-0.4, -0.2) is 12.6 Å². The van der Waals surface area contributed by atoms with Crippen molar-refractivity contribution in [3.8, 4) is 0 Å². The first-order valence-electron chi connectivity index (χ1n) is 11.1.